The summed E-state index contributed by atoms with van der Waals surface area (Å²) in [6, 6.07) is 1.65. The summed E-state index contributed by atoms with van der Waals surface area (Å²) in [7, 11) is 0. The molecule has 1 N–H and O–H groups in total. The molecular weight excluding hydrogens is 234 g/mol. The van der Waals surface area contributed by atoms with Gasteiger partial charge in [0.1, 0.15) is 11.3 Å². The fraction of sp³-hybridized carbons (Fsp3) is 0.615. The van der Waals surface area contributed by atoms with E-state index in [1.165, 1.54) is 6.26 Å². The summed E-state index contributed by atoms with van der Waals surface area (Å²) in [5.74, 6) is 0.650. The molecule has 2 heterocycles. The summed E-state index contributed by atoms with van der Waals surface area (Å²) in [6.45, 7) is 4.73. The molecular formula is C13H19NO4. The van der Waals surface area contributed by atoms with E-state index in [4.69, 9.17) is 14.3 Å². The van der Waals surface area contributed by atoms with Crippen molar-refractivity contribution in [2.45, 2.75) is 19.9 Å². The monoisotopic (exact) mass is 253 g/mol. The van der Waals surface area contributed by atoms with Gasteiger partial charge in [0.05, 0.1) is 19.4 Å². The van der Waals surface area contributed by atoms with Gasteiger partial charge in [0.2, 0.25) is 0 Å². The highest BCUT2D eigenvalue weighted by atomic mass is 16.5. The van der Waals surface area contributed by atoms with Crippen LogP contribution in [0.4, 0.5) is 0 Å². The highest BCUT2D eigenvalue weighted by Gasteiger charge is 2.24. The number of rotatable bonds is 5. The molecule has 1 fully saturated rings. The number of hydrogen-bond acceptors (Lipinski definition) is 5. The smallest absolute Gasteiger partial charge is 0.341 e. The lowest BCUT2D eigenvalue weighted by Crippen LogP contribution is -2.22. The van der Waals surface area contributed by atoms with Gasteiger partial charge in [-0.25, -0.2) is 4.79 Å². The van der Waals surface area contributed by atoms with Crippen molar-refractivity contribution in [1.82, 2.24) is 4.90 Å². The molecule has 1 aromatic heterocycles. The Balaban J connectivity index is 1.98. The summed E-state index contributed by atoms with van der Waals surface area (Å²) in [4.78, 5) is 13.9. The number of carbonyl (C=O) groups is 1. The third-order valence-electron chi connectivity index (χ3n) is 3.24. The maximum absolute atomic E-state index is 11.7. The Labute approximate surface area is 106 Å². The van der Waals surface area contributed by atoms with Crippen LogP contribution in [0.5, 0.6) is 0 Å². The van der Waals surface area contributed by atoms with E-state index in [2.05, 4.69) is 4.90 Å². The van der Waals surface area contributed by atoms with E-state index in [1.54, 1.807) is 13.0 Å². The third-order valence-corrected chi connectivity index (χ3v) is 3.24. The topological polar surface area (TPSA) is 62.9 Å². The molecule has 1 aliphatic heterocycles. The van der Waals surface area contributed by atoms with Gasteiger partial charge in [0, 0.05) is 13.2 Å². The van der Waals surface area contributed by atoms with Crippen molar-refractivity contribution in [3.05, 3.63) is 23.7 Å². The van der Waals surface area contributed by atoms with E-state index in [0.717, 1.165) is 19.5 Å². The highest BCUT2D eigenvalue weighted by Crippen LogP contribution is 2.20. The van der Waals surface area contributed by atoms with Crippen molar-refractivity contribution < 1.29 is 19.1 Å². The van der Waals surface area contributed by atoms with E-state index in [0.29, 0.717) is 30.4 Å². The van der Waals surface area contributed by atoms with Gasteiger partial charge in [-0.1, -0.05) is 0 Å². The number of carbonyl (C=O) groups excluding carboxylic acids is 1. The Hall–Kier alpha value is -1.33. The van der Waals surface area contributed by atoms with Crippen molar-refractivity contribution in [2.75, 3.05) is 26.3 Å². The Morgan fingerprint density at radius 1 is 1.67 bits per heavy atom. The lowest BCUT2D eigenvalue weighted by Gasteiger charge is -2.14. The van der Waals surface area contributed by atoms with E-state index in [1.807, 2.05) is 0 Å². The lowest BCUT2D eigenvalue weighted by molar-refractivity contribution is 0.0522. The minimum absolute atomic E-state index is 0.222. The number of nitrogens with zero attached hydrogens (tertiary/aromatic N) is 1. The van der Waals surface area contributed by atoms with Crippen molar-refractivity contribution in [3.8, 4) is 0 Å². The molecule has 1 aromatic rings. The van der Waals surface area contributed by atoms with Crippen molar-refractivity contribution in [3.63, 3.8) is 0 Å². The molecule has 0 aliphatic carbocycles. The van der Waals surface area contributed by atoms with Crippen molar-refractivity contribution in [2.24, 2.45) is 5.92 Å². The first-order chi connectivity index (χ1) is 8.74. The van der Waals surface area contributed by atoms with Crippen LogP contribution in [0.25, 0.3) is 0 Å². The minimum atomic E-state index is -0.334. The van der Waals surface area contributed by atoms with Crippen LogP contribution in [0, 0.1) is 5.92 Å². The molecule has 1 aliphatic rings. The summed E-state index contributed by atoms with van der Waals surface area (Å²) >= 11 is 0. The number of esters is 1. The van der Waals surface area contributed by atoms with Crippen molar-refractivity contribution >= 4 is 5.97 Å². The quantitative estimate of drug-likeness (QED) is 0.801. The summed E-state index contributed by atoms with van der Waals surface area (Å²) < 4.78 is 10.3. The molecule has 0 bridgehead atoms. The Kier molecular flexibility index (Phi) is 4.38. The van der Waals surface area contributed by atoms with Gasteiger partial charge in [0.15, 0.2) is 0 Å². The molecule has 18 heavy (non-hydrogen) atoms. The van der Waals surface area contributed by atoms with Crippen LogP contribution >= 0.6 is 0 Å². The van der Waals surface area contributed by atoms with Crippen LogP contribution in [-0.2, 0) is 11.3 Å². The van der Waals surface area contributed by atoms with Gasteiger partial charge in [0.25, 0.3) is 0 Å². The molecule has 5 heteroatoms. The van der Waals surface area contributed by atoms with E-state index < -0.39 is 0 Å². The molecule has 0 aromatic carbocycles. The van der Waals surface area contributed by atoms with Gasteiger partial charge in [-0.3, -0.25) is 4.90 Å². The molecule has 1 atom stereocenters. The Morgan fingerprint density at radius 3 is 3.17 bits per heavy atom. The van der Waals surface area contributed by atoms with Gasteiger partial charge in [-0.2, -0.15) is 0 Å². The summed E-state index contributed by atoms with van der Waals surface area (Å²) in [6.07, 6.45) is 2.51. The fourth-order valence-corrected chi connectivity index (χ4v) is 2.26. The zero-order valence-electron chi connectivity index (χ0n) is 10.6. The van der Waals surface area contributed by atoms with Crippen LogP contribution in [0.15, 0.2) is 16.7 Å². The van der Waals surface area contributed by atoms with E-state index in [-0.39, 0.29) is 12.6 Å². The fourth-order valence-electron chi connectivity index (χ4n) is 2.26. The average molecular weight is 253 g/mol. The second-order valence-corrected chi connectivity index (χ2v) is 4.55. The number of aliphatic hydroxyl groups excluding tert-OH is 1. The van der Waals surface area contributed by atoms with Crippen LogP contribution in [-0.4, -0.2) is 42.3 Å². The van der Waals surface area contributed by atoms with Crippen LogP contribution in [0.3, 0.4) is 0 Å². The number of furan rings is 1. The molecule has 0 amide bonds. The Bertz CT molecular complexity index is 401. The van der Waals surface area contributed by atoms with E-state index >= 15 is 0 Å². The molecule has 0 saturated carbocycles. The largest absolute Gasteiger partial charge is 0.467 e. The van der Waals surface area contributed by atoms with Gasteiger partial charge in [-0.05, 0) is 31.9 Å². The number of hydrogen-bond donors (Lipinski definition) is 1. The SMILES string of the molecule is CCOC(=O)c1ccoc1CN1CCC(CO)C1. The molecule has 0 radical (unpaired) electrons. The molecule has 5 nitrogen and oxygen atoms in total. The second-order valence-electron chi connectivity index (χ2n) is 4.55. The van der Waals surface area contributed by atoms with Crippen LogP contribution in [0.2, 0.25) is 0 Å². The predicted molar refractivity (Wildman–Crippen MR) is 65.1 cm³/mol. The van der Waals surface area contributed by atoms with Crippen LogP contribution < -0.4 is 0 Å². The maximum Gasteiger partial charge on any atom is 0.341 e. The summed E-state index contributed by atoms with van der Waals surface area (Å²) in [5, 5.41) is 9.10. The van der Waals surface area contributed by atoms with E-state index in [9.17, 15) is 4.79 Å². The first-order valence-corrected chi connectivity index (χ1v) is 6.31. The number of aliphatic hydroxyl groups is 1. The third kappa shape index (κ3) is 2.91. The number of likely N-dealkylation sites (tertiary alicyclic amines) is 1. The zero-order chi connectivity index (χ0) is 13.0. The van der Waals surface area contributed by atoms with Crippen LogP contribution in [0.1, 0.15) is 29.5 Å². The molecule has 2 rings (SSSR count). The minimum Gasteiger partial charge on any atom is -0.467 e. The first kappa shape index (κ1) is 13.1. The highest BCUT2D eigenvalue weighted by molar-refractivity contribution is 5.90. The second kappa shape index (κ2) is 6.02. The normalized spacial score (nSPS) is 20.2. The number of ether oxygens (including phenoxy) is 1. The maximum atomic E-state index is 11.7. The molecule has 1 unspecified atom stereocenters. The standard InChI is InChI=1S/C13H19NO4/c1-2-17-13(16)11-4-6-18-12(11)8-14-5-3-10(7-14)9-15/h4,6,10,15H,2-3,5,7-9H2,1H3. The lowest BCUT2D eigenvalue weighted by atomic mass is 10.1. The zero-order valence-corrected chi connectivity index (χ0v) is 10.6. The van der Waals surface area contributed by atoms with Gasteiger partial charge >= 0.3 is 5.97 Å². The molecule has 0 spiro atoms. The van der Waals surface area contributed by atoms with Crippen molar-refractivity contribution in [1.29, 1.82) is 0 Å². The first-order valence-electron chi connectivity index (χ1n) is 6.31. The Morgan fingerprint density at radius 2 is 2.50 bits per heavy atom. The molecule has 1 saturated heterocycles. The van der Waals surface area contributed by atoms with Gasteiger partial charge in [-0.15, -0.1) is 0 Å². The summed E-state index contributed by atoms with van der Waals surface area (Å²) in [5.41, 5.74) is 0.504. The van der Waals surface area contributed by atoms with Gasteiger partial charge < -0.3 is 14.3 Å². The predicted octanol–water partition coefficient (Wildman–Crippen LogP) is 1.27. The molecule has 100 valence electrons. The average Bonchev–Trinajstić information content (AvgIpc) is 2.99.